The topological polar surface area (TPSA) is 27.3 Å². The maximum atomic E-state index is 3.22. The fourth-order valence-corrected chi connectivity index (χ4v) is 1.27. The van der Waals surface area contributed by atoms with Crippen LogP contribution in [0.3, 0.4) is 0 Å². The van der Waals surface area contributed by atoms with Gasteiger partial charge in [-0.3, -0.25) is 0 Å². The van der Waals surface area contributed by atoms with Gasteiger partial charge in [0.05, 0.1) is 0 Å². The summed E-state index contributed by atoms with van der Waals surface area (Å²) in [6.07, 6.45) is 0. The van der Waals surface area contributed by atoms with Gasteiger partial charge < -0.3 is 15.5 Å². The van der Waals surface area contributed by atoms with Gasteiger partial charge in [0.2, 0.25) is 0 Å². The van der Waals surface area contributed by atoms with E-state index < -0.39 is 0 Å². The molecule has 2 N–H and O–H groups in total. The summed E-state index contributed by atoms with van der Waals surface area (Å²) in [7, 11) is 0. The van der Waals surface area contributed by atoms with Crippen LogP contribution >= 0.6 is 0 Å². The summed E-state index contributed by atoms with van der Waals surface area (Å²) in [5.74, 6) is 0. The number of rotatable bonds is 3. The molecule has 1 saturated heterocycles. The fourth-order valence-electron chi connectivity index (χ4n) is 1.27. The molecule has 80 valence electrons. The van der Waals surface area contributed by atoms with Gasteiger partial charge in [-0.05, 0) is 19.6 Å². The van der Waals surface area contributed by atoms with Crippen LogP contribution < -0.4 is 10.6 Å². The Morgan fingerprint density at radius 3 is 1.15 bits per heavy atom. The Morgan fingerprint density at radius 1 is 0.769 bits per heavy atom. The third-order valence-corrected chi connectivity index (χ3v) is 2.30. The molecule has 1 fully saturated rings. The molecule has 3 nitrogen and oxygen atoms in total. The summed E-state index contributed by atoms with van der Waals surface area (Å²) in [6.45, 7) is 14.7. The van der Waals surface area contributed by atoms with Crippen molar-refractivity contribution in [1.29, 1.82) is 0 Å². The minimum absolute atomic E-state index is 1.14. The van der Waals surface area contributed by atoms with Gasteiger partial charge in [0.15, 0.2) is 0 Å². The number of piperazine rings is 1. The van der Waals surface area contributed by atoms with Crippen LogP contribution in [0.2, 0.25) is 0 Å². The Labute approximate surface area is 82.9 Å². The molecule has 0 aromatic carbocycles. The van der Waals surface area contributed by atoms with Crippen LogP contribution in [0.15, 0.2) is 0 Å². The van der Waals surface area contributed by atoms with Gasteiger partial charge >= 0.3 is 0 Å². The fraction of sp³-hybridized carbons (Fsp3) is 1.00. The molecule has 0 amide bonds. The first kappa shape index (κ1) is 12.9. The number of hydrogen-bond donors (Lipinski definition) is 2. The van der Waals surface area contributed by atoms with Gasteiger partial charge in [-0.15, -0.1) is 0 Å². The monoisotopic (exact) mass is 187 g/mol. The Hall–Kier alpha value is -0.120. The molecule has 0 aromatic rings. The SMILES string of the molecule is C1CNCCN1.CCN(CC)CC. The standard InChI is InChI=1S/C6H15N.C4H10N2/c1-4-7(5-2)6-3;1-2-6-4-3-5-1/h4-6H2,1-3H3;5-6H,1-4H2. The maximum absolute atomic E-state index is 3.22. The lowest BCUT2D eigenvalue weighted by atomic mass is 10.4. The minimum atomic E-state index is 1.14. The van der Waals surface area contributed by atoms with E-state index in [0.29, 0.717) is 0 Å². The molecule has 1 aliphatic heterocycles. The lowest BCUT2D eigenvalue weighted by Gasteiger charge is -2.13. The zero-order valence-corrected chi connectivity index (χ0v) is 9.40. The molecule has 1 heterocycles. The lowest BCUT2D eigenvalue weighted by molar-refractivity contribution is 0.321. The van der Waals surface area contributed by atoms with Crippen LogP contribution in [0.1, 0.15) is 20.8 Å². The van der Waals surface area contributed by atoms with E-state index in [1.54, 1.807) is 0 Å². The van der Waals surface area contributed by atoms with Gasteiger partial charge in [0.1, 0.15) is 0 Å². The van der Waals surface area contributed by atoms with E-state index in [2.05, 4.69) is 36.3 Å². The number of nitrogens with zero attached hydrogens (tertiary/aromatic N) is 1. The van der Waals surface area contributed by atoms with Crippen molar-refractivity contribution in [2.24, 2.45) is 0 Å². The van der Waals surface area contributed by atoms with Gasteiger partial charge in [0.25, 0.3) is 0 Å². The highest BCUT2D eigenvalue weighted by atomic mass is 15.1. The molecule has 3 heteroatoms. The van der Waals surface area contributed by atoms with Crippen LogP contribution in [0.5, 0.6) is 0 Å². The van der Waals surface area contributed by atoms with E-state index in [0.717, 1.165) is 26.2 Å². The van der Waals surface area contributed by atoms with Crippen LogP contribution in [0.25, 0.3) is 0 Å². The number of nitrogens with one attached hydrogen (secondary N) is 2. The van der Waals surface area contributed by atoms with E-state index in [1.807, 2.05) is 0 Å². The second kappa shape index (κ2) is 9.96. The largest absolute Gasteiger partial charge is 0.314 e. The molecule has 0 unspecified atom stereocenters. The van der Waals surface area contributed by atoms with Crippen molar-refractivity contribution in [2.45, 2.75) is 20.8 Å². The number of hydrogen-bond acceptors (Lipinski definition) is 3. The Bertz CT molecular complexity index is 71.2. The Kier molecular flexibility index (Phi) is 9.87. The molecular formula is C10H25N3. The van der Waals surface area contributed by atoms with Crippen LogP contribution in [0.4, 0.5) is 0 Å². The van der Waals surface area contributed by atoms with Crippen molar-refractivity contribution >= 4 is 0 Å². The smallest absolute Gasteiger partial charge is 0.00772 e. The average Bonchev–Trinajstić information content (AvgIpc) is 2.24. The first-order chi connectivity index (χ1) is 6.35. The van der Waals surface area contributed by atoms with Crippen molar-refractivity contribution in [3.63, 3.8) is 0 Å². The van der Waals surface area contributed by atoms with Crippen molar-refractivity contribution < 1.29 is 0 Å². The average molecular weight is 187 g/mol. The molecule has 1 rings (SSSR count). The van der Waals surface area contributed by atoms with Crippen molar-refractivity contribution in [3.8, 4) is 0 Å². The van der Waals surface area contributed by atoms with Gasteiger partial charge in [-0.1, -0.05) is 20.8 Å². The molecular weight excluding hydrogens is 162 g/mol. The highest BCUT2D eigenvalue weighted by Crippen LogP contribution is 1.81. The van der Waals surface area contributed by atoms with E-state index in [1.165, 1.54) is 19.6 Å². The Morgan fingerprint density at radius 2 is 1.08 bits per heavy atom. The first-order valence-electron chi connectivity index (χ1n) is 5.48. The second-order valence-corrected chi connectivity index (χ2v) is 3.12. The molecule has 0 aromatic heterocycles. The van der Waals surface area contributed by atoms with E-state index >= 15 is 0 Å². The molecule has 0 saturated carbocycles. The zero-order valence-electron chi connectivity index (χ0n) is 9.40. The van der Waals surface area contributed by atoms with E-state index in [9.17, 15) is 0 Å². The van der Waals surface area contributed by atoms with Crippen LogP contribution in [-0.2, 0) is 0 Å². The van der Waals surface area contributed by atoms with Crippen molar-refractivity contribution in [3.05, 3.63) is 0 Å². The Balaban J connectivity index is 0.000000223. The van der Waals surface area contributed by atoms with Gasteiger partial charge in [-0.2, -0.15) is 0 Å². The molecule has 0 bridgehead atoms. The molecule has 0 atom stereocenters. The lowest BCUT2D eigenvalue weighted by Crippen LogP contribution is -2.39. The maximum Gasteiger partial charge on any atom is 0.00772 e. The van der Waals surface area contributed by atoms with Crippen molar-refractivity contribution in [1.82, 2.24) is 15.5 Å². The molecule has 1 aliphatic rings. The summed E-state index contributed by atoms with van der Waals surface area (Å²) in [6, 6.07) is 0. The first-order valence-corrected chi connectivity index (χ1v) is 5.48. The molecule has 0 radical (unpaired) electrons. The summed E-state index contributed by atoms with van der Waals surface area (Å²) in [4.78, 5) is 2.38. The summed E-state index contributed by atoms with van der Waals surface area (Å²) >= 11 is 0. The van der Waals surface area contributed by atoms with Gasteiger partial charge in [-0.25, -0.2) is 0 Å². The summed E-state index contributed by atoms with van der Waals surface area (Å²) < 4.78 is 0. The van der Waals surface area contributed by atoms with E-state index in [4.69, 9.17) is 0 Å². The zero-order chi connectivity index (χ0) is 9.94. The van der Waals surface area contributed by atoms with E-state index in [-0.39, 0.29) is 0 Å². The van der Waals surface area contributed by atoms with Crippen LogP contribution in [0, 0.1) is 0 Å². The summed E-state index contributed by atoms with van der Waals surface area (Å²) in [5.41, 5.74) is 0. The third-order valence-electron chi connectivity index (χ3n) is 2.30. The van der Waals surface area contributed by atoms with Crippen molar-refractivity contribution in [2.75, 3.05) is 45.8 Å². The quantitative estimate of drug-likeness (QED) is 0.675. The molecule has 13 heavy (non-hydrogen) atoms. The predicted molar refractivity (Wildman–Crippen MR) is 59.2 cm³/mol. The predicted octanol–water partition coefficient (Wildman–Crippen LogP) is 0.527. The normalized spacial score (nSPS) is 16.6. The minimum Gasteiger partial charge on any atom is -0.314 e. The highest BCUT2D eigenvalue weighted by Gasteiger charge is 1.91. The highest BCUT2D eigenvalue weighted by molar-refractivity contribution is 4.59. The molecule has 0 spiro atoms. The molecule has 0 aliphatic carbocycles. The van der Waals surface area contributed by atoms with Gasteiger partial charge in [0, 0.05) is 26.2 Å². The second-order valence-electron chi connectivity index (χ2n) is 3.12. The summed E-state index contributed by atoms with van der Waals surface area (Å²) in [5, 5.41) is 6.44. The third kappa shape index (κ3) is 8.22. The van der Waals surface area contributed by atoms with Crippen LogP contribution in [-0.4, -0.2) is 50.7 Å².